The fourth-order valence-electron chi connectivity index (χ4n) is 4.27. The molecular formula is C28H26ClNO5. The number of carbonyl (C=O) groups excluding carboxylic acids is 2. The molecule has 1 aliphatic heterocycles. The van der Waals surface area contributed by atoms with Crippen molar-refractivity contribution in [1.82, 2.24) is 4.90 Å². The smallest absolute Gasteiger partial charge is 0.295 e. The van der Waals surface area contributed by atoms with Crippen LogP contribution in [0.5, 0.6) is 11.5 Å². The first-order chi connectivity index (χ1) is 16.7. The summed E-state index contributed by atoms with van der Waals surface area (Å²) in [7, 11) is 0. The standard InChI is InChI=1S/C28H26ClNO5/c1-4-35-23-14-19(9-12-22(23)29)26(32)24-25(18-7-10-21(31)11-8-18)30(28(34)27(24)33)15-20-13-16(2)5-6-17(20)3/h5-14,25,31-32H,4,15H2,1-3H3/b26-24-. The third kappa shape index (κ3) is 4.75. The van der Waals surface area contributed by atoms with Gasteiger partial charge in [-0.25, -0.2) is 0 Å². The maximum absolute atomic E-state index is 13.3. The number of aromatic hydroxyl groups is 1. The molecule has 1 heterocycles. The van der Waals surface area contributed by atoms with Gasteiger partial charge in [0.1, 0.15) is 17.3 Å². The van der Waals surface area contributed by atoms with Crippen molar-refractivity contribution in [1.29, 1.82) is 0 Å². The highest BCUT2D eigenvalue weighted by Crippen LogP contribution is 2.41. The molecule has 1 saturated heterocycles. The van der Waals surface area contributed by atoms with Crippen LogP contribution in [-0.2, 0) is 16.1 Å². The molecule has 7 heteroatoms. The Labute approximate surface area is 209 Å². The fraction of sp³-hybridized carbons (Fsp3) is 0.214. The summed E-state index contributed by atoms with van der Waals surface area (Å²) < 4.78 is 5.53. The molecule has 35 heavy (non-hydrogen) atoms. The van der Waals surface area contributed by atoms with Crippen LogP contribution in [0.2, 0.25) is 5.02 Å². The predicted octanol–water partition coefficient (Wildman–Crippen LogP) is 5.68. The van der Waals surface area contributed by atoms with Crippen LogP contribution in [0.25, 0.3) is 5.76 Å². The van der Waals surface area contributed by atoms with Crippen LogP contribution in [0.15, 0.2) is 66.2 Å². The molecule has 1 amide bonds. The Balaban J connectivity index is 1.87. The molecule has 0 radical (unpaired) electrons. The van der Waals surface area contributed by atoms with Crippen molar-refractivity contribution < 1.29 is 24.5 Å². The van der Waals surface area contributed by atoms with E-state index < -0.39 is 17.7 Å². The minimum absolute atomic E-state index is 0.0317. The van der Waals surface area contributed by atoms with E-state index in [1.54, 1.807) is 30.3 Å². The molecule has 0 spiro atoms. The van der Waals surface area contributed by atoms with Gasteiger partial charge in [-0.2, -0.15) is 0 Å². The number of hydrogen-bond acceptors (Lipinski definition) is 5. The Morgan fingerprint density at radius 1 is 1.03 bits per heavy atom. The molecule has 0 aromatic heterocycles. The molecule has 4 rings (SSSR count). The van der Waals surface area contributed by atoms with Gasteiger partial charge in [0.25, 0.3) is 11.7 Å². The number of likely N-dealkylation sites (tertiary alicyclic amines) is 1. The highest BCUT2D eigenvalue weighted by molar-refractivity contribution is 6.46. The van der Waals surface area contributed by atoms with Crippen LogP contribution < -0.4 is 4.74 Å². The van der Waals surface area contributed by atoms with E-state index in [0.29, 0.717) is 28.5 Å². The van der Waals surface area contributed by atoms with E-state index in [9.17, 15) is 19.8 Å². The van der Waals surface area contributed by atoms with Crippen molar-refractivity contribution in [3.8, 4) is 11.5 Å². The lowest BCUT2D eigenvalue weighted by atomic mass is 9.94. The molecule has 180 valence electrons. The second-order valence-electron chi connectivity index (χ2n) is 8.53. The highest BCUT2D eigenvalue weighted by atomic mass is 35.5. The van der Waals surface area contributed by atoms with Crippen molar-refractivity contribution in [2.24, 2.45) is 0 Å². The second kappa shape index (κ2) is 9.84. The summed E-state index contributed by atoms with van der Waals surface area (Å²) in [6.45, 7) is 6.28. The van der Waals surface area contributed by atoms with Gasteiger partial charge in [-0.3, -0.25) is 9.59 Å². The number of aryl methyl sites for hydroxylation is 2. The topological polar surface area (TPSA) is 87.1 Å². The van der Waals surface area contributed by atoms with E-state index in [2.05, 4.69) is 0 Å². The van der Waals surface area contributed by atoms with E-state index in [0.717, 1.165) is 16.7 Å². The van der Waals surface area contributed by atoms with E-state index in [1.807, 2.05) is 39.0 Å². The number of rotatable bonds is 6. The Morgan fingerprint density at radius 3 is 2.43 bits per heavy atom. The van der Waals surface area contributed by atoms with Crippen LogP contribution in [0.3, 0.4) is 0 Å². The van der Waals surface area contributed by atoms with Crippen LogP contribution in [0, 0.1) is 13.8 Å². The molecule has 0 saturated carbocycles. The van der Waals surface area contributed by atoms with Gasteiger partial charge in [-0.15, -0.1) is 0 Å². The quantitative estimate of drug-likeness (QED) is 0.263. The van der Waals surface area contributed by atoms with Crippen molar-refractivity contribution in [3.05, 3.63) is 99.1 Å². The maximum atomic E-state index is 13.3. The Bertz CT molecular complexity index is 1330. The highest BCUT2D eigenvalue weighted by Gasteiger charge is 2.46. The van der Waals surface area contributed by atoms with Gasteiger partial charge in [-0.1, -0.05) is 47.5 Å². The first-order valence-electron chi connectivity index (χ1n) is 11.3. The number of carbonyl (C=O) groups is 2. The van der Waals surface area contributed by atoms with Crippen molar-refractivity contribution >= 4 is 29.1 Å². The van der Waals surface area contributed by atoms with Gasteiger partial charge in [0.15, 0.2) is 0 Å². The molecule has 3 aromatic rings. The van der Waals surface area contributed by atoms with Crippen LogP contribution in [0.1, 0.15) is 40.8 Å². The monoisotopic (exact) mass is 491 g/mol. The van der Waals surface area contributed by atoms with Gasteiger partial charge in [-0.05, 0) is 67.8 Å². The number of hydrogen-bond donors (Lipinski definition) is 2. The minimum atomic E-state index is -0.846. The van der Waals surface area contributed by atoms with Gasteiger partial charge in [0, 0.05) is 12.1 Å². The number of ether oxygens (including phenoxy) is 1. The van der Waals surface area contributed by atoms with Crippen LogP contribution >= 0.6 is 11.6 Å². The summed E-state index contributed by atoms with van der Waals surface area (Å²) in [6.07, 6.45) is 0. The third-order valence-electron chi connectivity index (χ3n) is 6.10. The van der Waals surface area contributed by atoms with Gasteiger partial charge in [0.2, 0.25) is 0 Å². The van der Waals surface area contributed by atoms with Crippen LogP contribution in [0.4, 0.5) is 0 Å². The number of amides is 1. The molecule has 3 aromatic carbocycles. The molecule has 2 N–H and O–H groups in total. The number of nitrogens with zero attached hydrogens (tertiary/aromatic N) is 1. The molecule has 1 aliphatic rings. The lowest BCUT2D eigenvalue weighted by molar-refractivity contribution is -0.140. The van der Waals surface area contributed by atoms with Gasteiger partial charge < -0.3 is 19.8 Å². The molecule has 0 bridgehead atoms. The first-order valence-corrected chi connectivity index (χ1v) is 11.6. The lowest BCUT2D eigenvalue weighted by Gasteiger charge is -2.26. The number of benzene rings is 3. The Morgan fingerprint density at radius 2 is 1.74 bits per heavy atom. The minimum Gasteiger partial charge on any atom is -0.508 e. The summed E-state index contributed by atoms with van der Waals surface area (Å²) in [6, 6.07) is 16.1. The Kier molecular flexibility index (Phi) is 6.85. The van der Waals surface area contributed by atoms with Crippen molar-refractivity contribution in [3.63, 3.8) is 0 Å². The number of aliphatic hydroxyl groups excluding tert-OH is 1. The van der Waals surface area contributed by atoms with E-state index >= 15 is 0 Å². The maximum Gasteiger partial charge on any atom is 0.295 e. The fourth-order valence-corrected chi connectivity index (χ4v) is 4.44. The summed E-state index contributed by atoms with van der Waals surface area (Å²) >= 11 is 6.20. The zero-order valence-electron chi connectivity index (χ0n) is 19.7. The zero-order chi connectivity index (χ0) is 25.3. The number of halogens is 1. The Hall–Kier alpha value is -3.77. The average molecular weight is 492 g/mol. The van der Waals surface area contributed by atoms with Crippen LogP contribution in [-0.4, -0.2) is 33.4 Å². The third-order valence-corrected chi connectivity index (χ3v) is 6.41. The normalized spacial score (nSPS) is 17.1. The van der Waals surface area contributed by atoms with Gasteiger partial charge >= 0.3 is 0 Å². The summed E-state index contributed by atoms with van der Waals surface area (Å²) in [5, 5.41) is 21.5. The van der Waals surface area contributed by atoms with E-state index in [4.69, 9.17) is 16.3 Å². The SMILES string of the molecule is CCOc1cc(/C(O)=C2/C(=O)C(=O)N(Cc3cc(C)ccc3C)C2c2ccc(O)cc2)ccc1Cl. The molecular weight excluding hydrogens is 466 g/mol. The largest absolute Gasteiger partial charge is 0.508 e. The molecule has 1 atom stereocenters. The summed E-state index contributed by atoms with van der Waals surface area (Å²) in [5.74, 6) is -1.38. The number of phenols is 1. The number of ketones is 1. The zero-order valence-corrected chi connectivity index (χ0v) is 20.5. The number of phenolic OH excluding ortho intramolecular Hbond substituents is 1. The van der Waals surface area contributed by atoms with Gasteiger partial charge in [0.05, 0.1) is 23.2 Å². The first kappa shape index (κ1) is 24.4. The lowest BCUT2D eigenvalue weighted by Crippen LogP contribution is -2.29. The summed E-state index contributed by atoms with van der Waals surface area (Å²) in [5.41, 5.74) is 3.80. The van der Waals surface area contributed by atoms with Crippen molar-refractivity contribution in [2.45, 2.75) is 33.4 Å². The number of aliphatic hydroxyl groups is 1. The second-order valence-corrected chi connectivity index (χ2v) is 8.93. The number of Topliss-reactive ketones (excluding diaryl/α,β-unsaturated/α-hetero) is 1. The predicted molar refractivity (Wildman–Crippen MR) is 134 cm³/mol. The average Bonchev–Trinajstić information content (AvgIpc) is 3.08. The van der Waals surface area contributed by atoms with E-state index in [1.165, 1.54) is 17.0 Å². The molecule has 0 aliphatic carbocycles. The van der Waals surface area contributed by atoms with E-state index in [-0.39, 0.29) is 23.6 Å². The molecule has 6 nitrogen and oxygen atoms in total. The van der Waals surface area contributed by atoms with Crippen molar-refractivity contribution in [2.75, 3.05) is 6.61 Å². The molecule has 1 fully saturated rings. The molecule has 1 unspecified atom stereocenters. The summed E-state index contributed by atoms with van der Waals surface area (Å²) in [4.78, 5) is 28.0.